The molecule has 2 aromatic rings. The number of carbonyl (C=O) groups is 3. The molecule has 38 heavy (non-hydrogen) atoms. The number of carboxylic acid groups (broad SMARTS) is 1. The molecule has 11 heteroatoms. The zero-order valence-corrected chi connectivity index (χ0v) is 23.7. The van der Waals surface area contributed by atoms with Crippen LogP contribution in [0, 0.1) is 5.92 Å². The van der Waals surface area contributed by atoms with Crippen molar-refractivity contribution in [2.45, 2.75) is 51.4 Å². The highest BCUT2D eigenvalue weighted by atomic mass is 35.5. The molecule has 0 aliphatic heterocycles. The molecule has 210 valence electrons. The summed E-state index contributed by atoms with van der Waals surface area (Å²) in [5, 5.41) is 28.3. The van der Waals surface area contributed by atoms with E-state index in [-0.39, 0.29) is 43.5 Å². The van der Waals surface area contributed by atoms with Crippen molar-refractivity contribution in [2.75, 3.05) is 19.1 Å². The molecular weight excluding hydrogens is 530 g/mol. The standard InChI is InChI=1S/C27H37N3O6S.ClH/c1-17(2)24(28-16-19-15-20(36-3)10-11-23(19)31)26(33)30-22(14-18-8-6-5-7-9-18)25(32)29-21(27(34)35)12-13-37-4;/h5-11,15,17,21-22,24,28,31H,12-14,16H2,1-4H3,(H,29,32)(H,30,33)(H,34,35);1H/t21-,22-,24-;/m0./s1. The molecular formula is C27H38ClN3O6S. The number of phenols is 1. The summed E-state index contributed by atoms with van der Waals surface area (Å²) in [6.45, 7) is 3.94. The van der Waals surface area contributed by atoms with E-state index in [0.717, 1.165) is 5.56 Å². The normalized spacial score (nSPS) is 13.1. The molecule has 0 radical (unpaired) electrons. The van der Waals surface area contributed by atoms with E-state index in [4.69, 9.17) is 4.74 Å². The Labute approximate surface area is 234 Å². The molecule has 0 aliphatic carbocycles. The van der Waals surface area contributed by atoms with Crippen LogP contribution >= 0.6 is 24.2 Å². The summed E-state index contributed by atoms with van der Waals surface area (Å²) in [6, 6.07) is 11.4. The monoisotopic (exact) mass is 567 g/mol. The number of aromatic hydroxyl groups is 1. The van der Waals surface area contributed by atoms with Crippen LogP contribution in [0.15, 0.2) is 48.5 Å². The van der Waals surface area contributed by atoms with Crippen molar-refractivity contribution in [3.05, 3.63) is 59.7 Å². The highest BCUT2D eigenvalue weighted by Gasteiger charge is 2.30. The second kappa shape index (κ2) is 16.8. The van der Waals surface area contributed by atoms with E-state index >= 15 is 0 Å². The van der Waals surface area contributed by atoms with Gasteiger partial charge in [-0.1, -0.05) is 44.2 Å². The maximum absolute atomic E-state index is 13.4. The first-order valence-corrected chi connectivity index (χ1v) is 13.5. The van der Waals surface area contributed by atoms with E-state index in [1.165, 1.54) is 24.9 Å². The minimum atomic E-state index is -1.12. The van der Waals surface area contributed by atoms with Gasteiger partial charge in [-0.15, -0.1) is 12.4 Å². The third-order valence-corrected chi connectivity index (χ3v) is 6.53. The maximum atomic E-state index is 13.4. The molecule has 2 rings (SSSR count). The van der Waals surface area contributed by atoms with Crippen LogP contribution in [0.1, 0.15) is 31.4 Å². The number of methoxy groups -OCH3 is 1. The van der Waals surface area contributed by atoms with Crippen molar-refractivity contribution in [2.24, 2.45) is 5.92 Å². The fourth-order valence-electron chi connectivity index (χ4n) is 3.77. The number of amides is 2. The molecule has 9 nitrogen and oxygen atoms in total. The van der Waals surface area contributed by atoms with Crippen molar-refractivity contribution < 1.29 is 29.3 Å². The number of halogens is 1. The van der Waals surface area contributed by atoms with E-state index in [2.05, 4.69) is 16.0 Å². The lowest BCUT2D eigenvalue weighted by Crippen LogP contribution is -2.56. The minimum absolute atomic E-state index is 0. The fourth-order valence-corrected chi connectivity index (χ4v) is 4.24. The van der Waals surface area contributed by atoms with Gasteiger partial charge in [-0.25, -0.2) is 4.79 Å². The van der Waals surface area contributed by atoms with Gasteiger partial charge in [-0.05, 0) is 48.1 Å². The Bertz CT molecular complexity index is 1040. The van der Waals surface area contributed by atoms with Gasteiger partial charge in [-0.2, -0.15) is 11.8 Å². The van der Waals surface area contributed by atoms with Gasteiger partial charge < -0.3 is 30.9 Å². The number of benzene rings is 2. The van der Waals surface area contributed by atoms with E-state index in [1.54, 1.807) is 12.1 Å². The Morgan fingerprint density at radius 2 is 1.66 bits per heavy atom. The highest BCUT2D eigenvalue weighted by molar-refractivity contribution is 7.98. The number of ether oxygens (including phenoxy) is 1. The fraction of sp³-hybridized carbons (Fsp3) is 0.444. The van der Waals surface area contributed by atoms with Gasteiger partial charge in [0.25, 0.3) is 0 Å². The molecule has 5 N–H and O–H groups in total. The molecule has 0 heterocycles. The molecule has 0 unspecified atom stereocenters. The van der Waals surface area contributed by atoms with Crippen LogP contribution in [0.3, 0.4) is 0 Å². The van der Waals surface area contributed by atoms with Crippen LogP contribution < -0.4 is 20.7 Å². The minimum Gasteiger partial charge on any atom is -0.508 e. The summed E-state index contributed by atoms with van der Waals surface area (Å²) in [5.41, 5.74) is 1.39. The quantitative estimate of drug-likeness (QED) is 0.221. The lowest BCUT2D eigenvalue weighted by molar-refractivity contribution is -0.142. The van der Waals surface area contributed by atoms with Gasteiger partial charge in [0.2, 0.25) is 11.8 Å². The van der Waals surface area contributed by atoms with Crippen molar-refractivity contribution >= 4 is 42.0 Å². The second-order valence-electron chi connectivity index (χ2n) is 9.03. The van der Waals surface area contributed by atoms with E-state index in [1.807, 2.05) is 50.4 Å². The molecule has 0 fully saturated rings. The molecule has 2 amide bonds. The Morgan fingerprint density at radius 3 is 2.24 bits per heavy atom. The number of rotatable bonds is 15. The summed E-state index contributed by atoms with van der Waals surface area (Å²) in [4.78, 5) is 38.2. The van der Waals surface area contributed by atoms with Crippen LogP contribution in [-0.2, 0) is 27.3 Å². The van der Waals surface area contributed by atoms with Crippen LogP contribution in [0.5, 0.6) is 11.5 Å². The number of aliphatic carboxylic acids is 1. The Balaban J connectivity index is 0.00000722. The Kier molecular flexibility index (Phi) is 14.6. The molecule has 0 spiro atoms. The highest BCUT2D eigenvalue weighted by Crippen LogP contribution is 2.23. The zero-order chi connectivity index (χ0) is 27.4. The topological polar surface area (TPSA) is 137 Å². The van der Waals surface area contributed by atoms with Crippen molar-refractivity contribution in [1.82, 2.24) is 16.0 Å². The van der Waals surface area contributed by atoms with Gasteiger partial charge in [0.1, 0.15) is 23.6 Å². The number of hydrogen-bond acceptors (Lipinski definition) is 7. The summed E-state index contributed by atoms with van der Waals surface area (Å²) >= 11 is 1.49. The number of phenolic OH excluding ortho intramolecular Hbond substituents is 1. The van der Waals surface area contributed by atoms with Gasteiger partial charge in [0, 0.05) is 18.5 Å². The first-order valence-electron chi connectivity index (χ1n) is 12.1. The summed E-state index contributed by atoms with van der Waals surface area (Å²) in [5.74, 6) is -0.989. The number of hydrogen-bond donors (Lipinski definition) is 5. The van der Waals surface area contributed by atoms with Crippen molar-refractivity contribution in [3.8, 4) is 11.5 Å². The largest absolute Gasteiger partial charge is 0.508 e. The Hall–Kier alpha value is -2.95. The number of nitrogens with one attached hydrogen (secondary N) is 3. The summed E-state index contributed by atoms with van der Waals surface area (Å²) in [6.07, 6.45) is 2.34. The first-order chi connectivity index (χ1) is 17.7. The SMILES string of the molecule is COc1ccc(O)c(CN[C@H](C(=O)N[C@@H](Cc2ccccc2)C(=O)N[C@@H](CCSC)C(=O)O)C(C)C)c1.Cl. The van der Waals surface area contributed by atoms with Crippen LogP contribution in [0.2, 0.25) is 0 Å². The van der Waals surface area contributed by atoms with Crippen molar-refractivity contribution in [1.29, 1.82) is 0 Å². The molecule has 0 aliphatic rings. The van der Waals surface area contributed by atoms with Gasteiger partial charge in [0.15, 0.2) is 0 Å². The van der Waals surface area contributed by atoms with Crippen LogP contribution in [-0.4, -0.2) is 65.2 Å². The lowest BCUT2D eigenvalue weighted by atomic mass is 10.00. The zero-order valence-electron chi connectivity index (χ0n) is 22.1. The molecule has 0 bridgehead atoms. The van der Waals surface area contributed by atoms with Gasteiger partial charge >= 0.3 is 5.97 Å². The molecule has 2 aromatic carbocycles. The lowest BCUT2D eigenvalue weighted by Gasteiger charge is -2.26. The van der Waals surface area contributed by atoms with Gasteiger partial charge in [0.05, 0.1) is 13.2 Å². The maximum Gasteiger partial charge on any atom is 0.326 e. The molecule has 0 aromatic heterocycles. The van der Waals surface area contributed by atoms with Gasteiger partial charge in [-0.3, -0.25) is 9.59 Å². The third-order valence-electron chi connectivity index (χ3n) is 5.89. The average Bonchev–Trinajstić information content (AvgIpc) is 2.87. The first kappa shape index (κ1) is 33.1. The predicted molar refractivity (Wildman–Crippen MR) is 152 cm³/mol. The van der Waals surface area contributed by atoms with E-state index < -0.39 is 35.9 Å². The molecule has 0 saturated carbocycles. The molecule has 0 saturated heterocycles. The average molecular weight is 568 g/mol. The number of carboxylic acids is 1. The summed E-state index contributed by atoms with van der Waals surface area (Å²) < 4.78 is 5.21. The number of carbonyl (C=O) groups excluding carboxylic acids is 2. The van der Waals surface area contributed by atoms with E-state index in [0.29, 0.717) is 17.1 Å². The number of thioether (sulfide) groups is 1. The van der Waals surface area contributed by atoms with Crippen LogP contribution in [0.4, 0.5) is 0 Å². The summed E-state index contributed by atoms with van der Waals surface area (Å²) in [7, 11) is 1.53. The molecule has 3 atom stereocenters. The van der Waals surface area contributed by atoms with E-state index in [9.17, 15) is 24.6 Å². The smallest absolute Gasteiger partial charge is 0.326 e. The third kappa shape index (κ3) is 10.4. The van der Waals surface area contributed by atoms with Crippen LogP contribution in [0.25, 0.3) is 0 Å². The predicted octanol–water partition coefficient (Wildman–Crippen LogP) is 2.99. The van der Waals surface area contributed by atoms with Crippen molar-refractivity contribution in [3.63, 3.8) is 0 Å². The second-order valence-corrected chi connectivity index (χ2v) is 10.0. The Morgan fingerprint density at radius 1 is 1.00 bits per heavy atom.